The number of H-pyrrole nitrogens is 1. The van der Waals surface area contributed by atoms with E-state index in [2.05, 4.69) is 15.0 Å². The zero-order valence-electron chi connectivity index (χ0n) is 10.8. The summed E-state index contributed by atoms with van der Waals surface area (Å²) in [6.45, 7) is 0. The predicted octanol–water partition coefficient (Wildman–Crippen LogP) is 2.23. The van der Waals surface area contributed by atoms with Crippen LogP contribution in [0.4, 0.5) is 0 Å². The minimum absolute atomic E-state index is 0.201. The average molecular weight is 279 g/mol. The van der Waals surface area contributed by atoms with Crippen LogP contribution >= 0.6 is 12.2 Å². The molecule has 0 spiro atoms. The van der Waals surface area contributed by atoms with Gasteiger partial charge >= 0.3 is 0 Å². The van der Waals surface area contributed by atoms with Crippen molar-refractivity contribution in [2.24, 2.45) is 0 Å². The minimum atomic E-state index is 0.201. The second-order valence-electron chi connectivity index (χ2n) is 3.59. The number of hydrogen-bond donors (Lipinski definition) is 1. The molecule has 0 radical (unpaired) electrons. The molecule has 0 aliphatic carbocycles. The van der Waals surface area contributed by atoms with Crippen molar-refractivity contribution in [1.82, 2.24) is 15.0 Å². The first-order valence-corrected chi connectivity index (χ1v) is 5.83. The third kappa shape index (κ3) is 3.00. The lowest BCUT2D eigenvalue weighted by Gasteiger charge is -2.08. The molecule has 1 aromatic carbocycles. The van der Waals surface area contributed by atoms with Crippen LogP contribution in [0.1, 0.15) is 0 Å². The molecule has 1 N–H and O–H groups in total. The van der Waals surface area contributed by atoms with Gasteiger partial charge in [-0.3, -0.25) is 4.98 Å². The summed E-state index contributed by atoms with van der Waals surface area (Å²) in [6, 6.07) is 5.71. The van der Waals surface area contributed by atoms with E-state index in [9.17, 15) is 0 Å². The van der Waals surface area contributed by atoms with Gasteiger partial charge in [0.15, 0.2) is 0 Å². The number of methoxy groups -OCH3 is 3. The fourth-order valence-corrected chi connectivity index (χ4v) is 1.72. The smallest absolute Gasteiger partial charge is 0.297 e. The highest BCUT2D eigenvalue weighted by atomic mass is 32.1. The summed E-state index contributed by atoms with van der Waals surface area (Å²) in [5.74, 6) is 1.85. The van der Waals surface area contributed by atoms with Gasteiger partial charge in [-0.2, -0.15) is 4.98 Å². The van der Waals surface area contributed by atoms with Crippen LogP contribution in [0, 0.1) is 4.77 Å². The van der Waals surface area contributed by atoms with E-state index >= 15 is 0 Å². The highest BCUT2D eigenvalue weighted by Gasteiger charge is 2.08. The van der Waals surface area contributed by atoms with Crippen LogP contribution in [-0.4, -0.2) is 36.3 Å². The van der Waals surface area contributed by atoms with Crippen molar-refractivity contribution < 1.29 is 14.2 Å². The molecule has 0 amide bonds. The molecule has 0 aliphatic rings. The Hall–Kier alpha value is -2.15. The molecule has 0 aliphatic heterocycles. The van der Waals surface area contributed by atoms with Gasteiger partial charge in [-0.25, -0.2) is 4.98 Å². The van der Waals surface area contributed by atoms with E-state index in [4.69, 9.17) is 26.4 Å². The molecule has 2 aromatic rings. The first kappa shape index (κ1) is 13.3. The van der Waals surface area contributed by atoms with Crippen molar-refractivity contribution in [2.75, 3.05) is 21.3 Å². The normalized spacial score (nSPS) is 10.1. The van der Waals surface area contributed by atoms with Gasteiger partial charge in [0.1, 0.15) is 17.3 Å². The maximum Gasteiger partial charge on any atom is 0.297 e. The topological polar surface area (TPSA) is 69.3 Å². The Kier molecular flexibility index (Phi) is 3.96. The largest absolute Gasteiger partial charge is 0.497 e. The molecule has 7 heteroatoms. The van der Waals surface area contributed by atoms with Crippen molar-refractivity contribution in [3.63, 3.8) is 0 Å². The van der Waals surface area contributed by atoms with E-state index in [0.717, 1.165) is 5.56 Å². The molecule has 0 fully saturated rings. The Morgan fingerprint density at radius 3 is 2.11 bits per heavy atom. The van der Waals surface area contributed by atoms with E-state index in [1.165, 1.54) is 7.11 Å². The molecule has 0 saturated carbocycles. The van der Waals surface area contributed by atoms with Crippen LogP contribution in [0.15, 0.2) is 18.2 Å². The van der Waals surface area contributed by atoms with Gasteiger partial charge in [0.05, 0.1) is 21.3 Å². The summed E-state index contributed by atoms with van der Waals surface area (Å²) in [4.78, 5) is 11.0. The number of nitrogens with zero attached hydrogens (tertiary/aromatic N) is 2. The first-order chi connectivity index (χ1) is 9.16. The van der Waals surface area contributed by atoms with Crippen molar-refractivity contribution in [2.45, 2.75) is 0 Å². The maximum atomic E-state index is 5.21. The van der Waals surface area contributed by atoms with Crippen molar-refractivity contribution >= 4 is 12.2 Å². The average Bonchev–Trinajstić information content (AvgIpc) is 2.45. The summed E-state index contributed by atoms with van der Waals surface area (Å²) >= 11 is 4.99. The number of nitrogens with one attached hydrogen (secondary N) is 1. The third-order valence-electron chi connectivity index (χ3n) is 2.45. The van der Waals surface area contributed by atoms with Gasteiger partial charge in [-0.1, -0.05) is 0 Å². The van der Waals surface area contributed by atoms with Gasteiger partial charge in [0.25, 0.3) is 6.01 Å². The van der Waals surface area contributed by atoms with E-state index in [-0.39, 0.29) is 4.77 Å². The Morgan fingerprint density at radius 2 is 1.58 bits per heavy atom. The SMILES string of the molecule is COc1cc(OC)cc(-c2nc(=S)nc(OC)[nH]2)c1. The fraction of sp³-hybridized carbons (Fsp3) is 0.250. The summed E-state index contributed by atoms with van der Waals surface area (Å²) < 4.78 is 15.7. The van der Waals surface area contributed by atoms with Gasteiger partial charge in [-0.15, -0.1) is 0 Å². The van der Waals surface area contributed by atoms with E-state index in [1.54, 1.807) is 20.3 Å². The maximum absolute atomic E-state index is 5.21. The van der Waals surface area contributed by atoms with E-state index < -0.39 is 0 Å². The Bertz CT molecular complexity index is 620. The van der Waals surface area contributed by atoms with E-state index in [1.807, 2.05) is 12.1 Å². The minimum Gasteiger partial charge on any atom is -0.497 e. The van der Waals surface area contributed by atoms with Crippen LogP contribution in [0.2, 0.25) is 0 Å². The van der Waals surface area contributed by atoms with Crippen molar-refractivity contribution in [3.8, 4) is 28.9 Å². The number of aromatic nitrogens is 3. The standard InChI is InChI=1S/C12H13N3O3S/c1-16-8-4-7(5-9(6-8)17-2)10-13-11(18-3)15-12(19)14-10/h4-6H,1-3H3,(H,13,14,15,19). The third-order valence-corrected chi connectivity index (χ3v) is 2.63. The van der Waals surface area contributed by atoms with Gasteiger partial charge in [-0.05, 0) is 24.4 Å². The number of rotatable bonds is 4. The molecule has 1 aromatic heterocycles. The number of hydrogen-bond acceptors (Lipinski definition) is 6. The first-order valence-electron chi connectivity index (χ1n) is 5.42. The predicted molar refractivity (Wildman–Crippen MR) is 72.3 cm³/mol. The lowest BCUT2D eigenvalue weighted by molar-refractivity contribution is 0.377. The molecular weight excluding hydrogens is 266 g/mol. The molecule has 100 valence electrons. The van der Waals surface area contributed by atoms with Gasteiger partial charge in [0, 0.05) is 11.6 Å². The van der Waals surface area contributed by atoms with Crippen LogP contribution in [-0.2, 0) is 0 Å². The zero-order valence-corrected chi connectivity index (χ0v) is 11.6. The van der Waals surface area contributed by atoms with Crippen molar-refractivity contribution in [3.05, 3.63) is 23.0 Å². The van der Waals surface area contributed by atoms with Crippen LogP contribution in [0.25, 0.3) is 11.4 Å². The van der Waals surface area contributed by atoms with Crippen molar-refractivity contribution in [1.29, 1.82) is 0 Å². The van der Waals surface area contributed by atoms with Gasteiger partial charge < -0.3 is 14.2 Å². The molecule has 0 unspecified atom stereocenters. The summed E-state index contributed by atoms with van der Waals surface area (Å²) in [5, 5.41) is 0. The number of ether oxygens (including phenoxy) is 3. The molecule has 6 nitrogen and oxygen atoms in total. The van der Waals surface area contributed by atoms with Crippen LogP contribution in [0.3, 0.4) is 0 Å². The highest BCUT2D eigenvalue weighted by Crippen LogP contribution is 2.28. The highest BCUT2D eigenvalue weighted by molar-refractivity contribution is 7.71. The molecule has 0 atom stereocenters. The lowest BCUT2D eigenvalue weighted by atomic mass is 10.2. The molecule has 1 heterocycles. The summed E-state index contributed by atoms with van der Waals surface area (Å²) in [7, 11) is 4.67. The van der Waals surface area contributed by atoms with Crippen LogP contribution < -0.4 is 14.2 Å². The molecule has 2 rings (SSSR count). The second kappa shape index (κ2) is 5.66. The second-order valence-corrected chi connectivity index (χ2v) is 3.96. The quantitative estimate of drug-likeness (QED) is 0.865. The summed E-state index contributed by atoms with van der Waals surface area (Å²) in [6.07, 6.45) is 0. The lowest BCUT2D eigenvalue weighted by Crippen LogP contribution is -1.98. The Balaban J connectivity index is 2.57. The van der Waals surface area contributed by atoms with E-state index in [0.29, 0.717) is 23.3 Å². The Labute approximate surface area is 115 Å². The number of aromatic amines is 1. The molecule has 19 heavy (non-hydrogen) atoms. The fourth-order valence-electron chi connectivity index (χ4n) is 1.54. The van der Waals surface area contributed by atoms with Gasteiger partial charge in [0.2, 0.25) is 4.77 Å². The van der Waals surface area contributed by atoms with Crippen LogP contribution in [0.5, 0.6) is 17.5 Å². The molecule has 0 bridgehead atoms. The monoisotopic (exact) mass is 279 g/mol. The number of benzene rings is 1. The Morgan fingerprint density at radius 1 is 0.947 bits per heavy atom. The molecule has 0 saturated heterocycles. The zero-order chi connectivity index (χ0) is 13.8. The summed E-state index contributed by atoms with van der Waals surface area (Å²) in [5.41, 5.74) is 0.767. The molecular formula is C12H13N3O3S.